The molecule has 6 nitrogen and oxygen atoms in total. The lowest BCUT2D eigenvalue weighted by Crippen LogP contribution is -2.24. The first-order chi connectivity index (χ1) is 10.2. The summed E-state index contributed by atoms with van der Waals surface area (Å²) < 4.78 is 1.87. The summed E-state index contributed by atoms with van der Waals surface area (Å²) in [5.41, 5.74) is 0.580. The van der Waals surface area contributed by atoms with Crippen LogP contribution >= 0.6 is 11.3 Å². The molecule has 110 valence electrons. The second-order valence-electron chi connectivity index (χ2n) is 4.19. The van der Waals surface area contributed by atoms with Gasteiger partial charge in [-0.2, -0.15) is 0 Å². The number of nitrogens with one attached hydrogen (secondary N) is 1. The molecule has 2 rings (SSSR count). The number of rotatable bonds is 5. The van der Waals surface area contributed by atoms with Crippen molar-refractivity contribution in [2.24, 2.45) is 0 Å². The number of carbonyl (C=O) groups excluding carboxylic acids is 1. The maximum Gasteiger partial charge on any atom is 0.252 e. The van der Waals surface area contributed by atoms with Crippen LogP contribution in [0.1, 0.15) is 34.4 Å². The minimum atomic E-state index is -0.160. The molecule has 0 aliphatic heterocycles. The molecular weight excluding hydrogens is 288 g/mol. The Morgan fingerprint density at radius 3 is 3.19 bits per heavy atom. The highest BCUT2D eigenvalue weighted by Gasteiger charge is 2.09. The minimum Gasteiger partial charge on any atom is -0.395 e. The summed E-state index contributed by atoms with van der Waals surface area (Å²) >= 11 is 1.41. The third-order valence-corrected chi connectivity index (χ3v) is 3.60. The Morgan fingerprint density at radius 2 is 2.43 bits per heavy atom. The fourth-order valence-corrected chi connectivity index (χ4v) is 2.42. The monoisotopic (exact) mass is 304 g/mol. The van der Waals surface area contributed by atoms with Gasteiger partial charge < -0.3 is 15.0 Å². The number of thiophene rings is 1. The molecule has 0 fully saturated rings. The van der Waals surface area contributed by atoms with E-state index in [-0.39, 0.29) is 12.5 Å². The van der Waals surface area contributed by atoms with E-state index in [0.29, 0.717) is 18.5 Å². The smallest absolute Gasteiger partial charge is 0.252 e. The normalized spacial score (nSPS) is 10.0. The minimum absolute atomic E-state index is 0.0455. The number of aryl methyl sites for hydroxylation is 1. The Balaban J connectivity index is 1.93. The van der Waals surface area contributed by atoms with Gasteiger partial charge in [0, 0.05) is 18.3 Å². The summed E-state index contributed by atoms with van der Waals surface area (Å²) in [5, 5.41) is 21.0. The fourth-order valence-electron chi connectivity index (χ4n) is 1.67. The molecule has 0 saturated carbocycles. The van der Waals surface area contributed by atoms with E-state index >= 15 is 0 Å². The number of carbonyl (C=O) groups is 1. The van der Waals surface area contributed by atoms with Crippen molar-refractivity contribution in [3.05, 3.63) is 34.0 Å². The lowest BCUT2D eigenvalue weighted by molar-refractivity contribution is 0.0950. The van der Waals surface area contributed by atoms with Gasteiger partial charge in [0.2, 0.25) is 0 Å². The maximum absolute atomic E-state index is 12.0. The molecule has 0 unspecified atom stereocenters. The average molecular weight is 304 g/mol. The number of aliphatic hydroxyl groups is 1. The van der Waals surface area contributed by atoms with Gasteiger partial charge in [0.1, 0.15) is 6.33 Å². The molecule has 0 bridgehead atoms. The second-order valence-corrected chi connectivity index (χ2v) is 5.10. The van der Waals surface area contributed by atoms with Crippen LogP contribution in [0.4, 0.5) is 0 Å². The van der Waals surface area contributed by atoms with Crippen molar-refractivity contribution in [3.63, 3.8) is 0 Å². The number of amides is 1. The molecule has 0 aromatic carbocycles. The van der Waals surface area contributed by atoms with Gasteiger partial charge in [-0.05, 0) is 13.0 Å². The van der Waals surface area contributed by atoms with E-state index < -0.39 is 0 Å². The highest BCUT2D eigenvalue weighted by molar-refractivity contribution is 7.10. The second kappa shape index (κ2) is 7.57. The molecule has 2 aromatic heterocycles. The van der Waals surface area contributed by atoms with Crippen LogP contribution in [-0.2, 0) is 13.1 Å². The summed E-state index contributed by atoms with van der Waals surface area (Å²) in [6, 6.07) is 1.74. The van der Waals surface area contributed by atoms with Crippen molar-refractivity contribution in [3.8, 4) is 11.8 Å². The zero-order valence-electron chi connectivity index (χ0n) is 11.7. The molecule has 0 atom stereocenters. The molecule has 0 spiro atoms. The van der Waals surface area contributed by atoms with Crippen molar-refractivity contribution in [1.29, 1.82) is 0 Å². The maximum atomic E-state index is 12.0. The molecule has 21 heavy (non-hydrogen) atoms. The van der Waals surface area contributed by atoms with Gasteiger partial charge >= 0.3 is 0 Å². The molecule has 0 aliphatic rings. The van der Waals surface area contributed by atoms with E-state index in [1.54, 1.807) is 17.8 Å². The molecule has 0 saturated heterocycles. The topological polar surface area (TPSA) is 80.0 Å². The van der Waals surface area contributed by atoms with Crippen molar-refractivity contribution < 1.29 is 9.90 Å². The van der Waals surface area contributed by atoms with Gasteiger partial charge in [-0.25, -0.2) is 0 Å². The first-order valence-corrected chi connectivity index (χ1v) is 7.45. The highest BCUT2D eigenvalue weighted by Crippen LogP contribution is 2.13. The lowest BCUT2D eigenvalue weighted by Gasteiger charge is -2.04. The van der Waals surface area contributed by atoms with Crippen LogP contribution in [0.2, 0.25) is 0 Å². The number of hydrogen-bond acceptors (Lipinski definition) is 5. The SMILES string of the molecule is CCn1cnnc1CNC(=O)c1csc(C#CCCO)c1. The molecule has 2 heterocycles. The van der Waals surface area contributed by atoms with Crippen LogP contribution in [0, 0.1) is 11.8 Å². The Bertz CT molecular complexity index is 666. The quantitative estimate of drug-likeness (QED) is 0.808. The van der Waals surface area contributed by atoms with Crippen molar-refractivity contribution in [1.82, 2.24) is 20.1 Å². The number of nitrogens with zero attached hydrogens (tertiary/aromatic N) is 3. The average Bonchev–Trinajstić information content (AvgIpc) is 3.13. The van der Waals surface area contributed by atoms with E-state index in [0.717, 1.165) is 17.2 Å². The zero-order valence-corrected chi connectivity index (χ0v) is 12.5. The van der Waals surface area contributed by atoms with Crippen molar-refractivity contribution >= 4 is 17.2 Å². The third kappa shape index (κ3) is 4.15. The van der Waals surface area contributed by atoms with E-state index in [1.807, 2.05) is 11.5 Å². The number of hydrogen-bond donors (Lipinski definition) is 2. The van der Waals surface area contributed by atoms with E-state index in [9.17, 15) is 4.79 Å². The summed E-state index contributed by atoms with van der Waals surface area (Å²) in [5.74, 6) is 6.31. The molecular formula is C14H16N4O2S. The van der Waals surface area contributed by atoms with Gasteiger partial charge in [0.25, 0.3) is 5.91 Å². The largest absolute Gasteiger partial charge is 0.395 e. The Hall–Kier alpha value is -2.17. The van der Waals surface area contributed by atoms with Gasteiger partial charge in [-0.15, -0.1) is 21.5 Å². The zero-order chi connectivity index (χ0) is 15.1. The van der Waals surface area contributed by atoms with E-state index in [1.165, 1.54) is 11.3 Å². The van der Waals surface area contributed by atoms with E-state index in [2.05, 4.69) is 27.4 Å². The predicted octanol–water partition coefficient (Wildman–Crippen LogP) is 1.02. The van der Waals surface area contributed by atoms with Crippen LogP contribution in [0.5, 0.6) is 0 Å². The van der Waals surface area contributed by atoms with Crippen LogP contribution in [-0.4, -0.2) is 32.4 Å². The van der Waals surface area contributed by atoms with Crippen LogP contribution < -0.4 is 5.32 Å². The molecule has 0 radical (unpaired) electrons. The molecule has 2 N–H and O–H groups in total. The predicted molar refractivity (Wildman–Crippen MR) is 79.8 cm³/mol. The van der Waals surface area contributed by atoms with Crippen LogP contribution in [0.3, 0.4) is 0 Å². The Morgan fingerprint density at radius 1 is 1.57 bits per heavy atom. The standard InChI is InChI=1S/C14H16N4O2S/c1-2-18-10-16-17-13(18)8-15-14(20)11-7-12(21-9-11)5-3-4-6-19/h7,9-10,19H,2,4,6,8H2,1H3,(H,15,20). The van der Waals surface area contributed by atoms with Gasteiger partial charge in [-0.3, -0.25) is 4.79 Å². The summed E-state index contributed by atoms with van der Waals surface area (Å²) in [6.07, 6.45) is 2.08. The molecule has 0 aliphatic carbocycles. The van der Waals surface area contributed by atoms with Crippen LogP contribution in [0.25, 0.3) is 0 Å². The summed E-state index contributed by atoms with van der Waals surface area (Å²) in [7, 11) is 0. The first-order valence-electron chi connectivity index (χ1n) is 6.57. The lowest BCUT2D eigenvalue weighted by atomic mass is 10.3. The Labute approximate surface area is 126 Å². The van der Waals surface area contributed by atoms with Gasteiger partial charge in [0.05, 0.1) is 23.6 Å². The van der Waals surface area contributed by atoms with Crippen molar-refractivity contribution in [2.45, 2.75) is 26.4 Å². The Kier molecular flexibility index (Phi) is 5.49. The van der Waals surface area contributed by atoms with Gasteiger partial charge in [0.15, 0.2) is 5.82 Å². The highest BCUT2D eigenvalue weighted by atomic mass is 32.1. The molecule has 1 amide bonds. The fraction of sp³-hybridized carbons (Fsp3) is 0.357. The molecule has 2 aromatic rings. The number of aromatic nitrogens is 3. The van der Waals surface area contributed by atoms with Crippen molar-refractivity contribution in [2.75, 3.05) is 6.61 Å². The third-order valence-electron chi connectivity index (χ3n) is 2.75. The summed E-state index contributed by atoms with van der Waals surface area (Å²) in [6.45, 7) is 3.14. The first kappa shape index (κ1) is 15.2. The van der Waals surface area contributed by atoms with Gasteiger partial charge in [-0.1, -0.05) is 11.8 Å². The number of aliphatic hydroxyl groups excluding tert-OH is 1. The summed E-state index contributed by atoms with van der Waals surface area (Å²) in [4.78, 5) is 12.8. The van der Waals surface area contributed by atoms with Crippen LogP contribution in [0.15, 0.2) is 17.8 Å². The molecule has 7 heteroatoms. The van der Waals surface area contributed by atoms with E-state index in [4.69, 9.17) is 5.11 Å².